The summed E-state index contributed by atoms with van der Waals surface area (Å²) in [6.45, 7) is 2.18. The van der Waals surface area contributed by atoms with E-state index in [1.807, 2.05) is 18.3 Å². The number of hydrogen-bond donors (Lipinski definition) is 1. The highest BCUT2D eigenvalue weighted by Gasteiger charge is 2.41. The van der Waals surface area contributed by atoms with Crippen LogP contribution >= 0.6 is 12.2 Å². The highest BCUT2D eigenvalue weighted by atomic mass is 32.1. The van der Waals surface area contributed by atoms with Gasteiger partial charge in [-0.2, -0.15) is 0 Å². The van der Waals surface area contributed by atoms with Crippen molar-refractivity contribution in [3.63, 3.8) is 0 Å². The molecular weight excluding hydrogens is 388 g/mol. The lowest BCUT2D eigenvalue weighted by Crippen LogP contribution is -2.29. The molecule has 1 aliphatic carbocycles. The zero-order chi connectivity index (χ0) is 20.5. The highest BCUT2D eigenvalue weighted by Crippen LogP contribution is 2.42. The minimum absolute atomic E-state index is 0.0176. The molecule has 0 unspecified atom stereocenters. The first kappa shape index (κ1) is 19.3. The van der Waals surface area contributed by atoms with Gasteiger partial charge in [-0.15, -0.1) is 0 Å². The zero-order valence-corrected chi connectivity index (χ0v) is 18.2. The maximum atomic E-state index is 5.83. The van der Waals surface area contributed by atoms with E-state index >= 15 is 0 Å². The maximum absolute atomic E-state index is 5.83. The van der Waals surface area contributed by atoms with E-state index in [1.165, 1.54) is 36.8 Å². The van der Waals surface area contributed by atoms with Crippen LogP contribution in [0.15, 0.2) is 67.1 Å². The van der Waals surface area contributed by atoms with Crippen molar-refractivity contribution in [2.75, 3.05) is 4.90 Å². The molecule has 30 heavy (non-hydrogen) atoms. The first-order chi connectivity index (χ1) is 14.7. The Morgan fingerprint density at radius 1 is 1.07 bits per heavy atom. The number of nitrogens with zero attached hydrogens (tertiary/aromatic N) is 3. The van der Waals surface area contributed by atoms with Crippen molar-refractivity contribution in [1.29, 1.82) is 0 Å². The number of nitrogens with one attached hydrogen (secondary N) is 1. The lowest BCUT2D eigenvalue weighted by Gasteiger charge is -2.27. The van der Waals surface area contributed by atoms with Crippen LogP contribution in [0.4, 0.5) is 5.69 Å². The monoisotopic (exact) mass is 416 g/mol. The van der Waals surface area contributed by atoms with Crippen LogP contribution < -0.4 is 10.2 Å². The summed E-state index contributed by atoms with van der Waals surface area (Å²) in [5.41, 5.74) is 4.76. The van der Waals surface area contributed by atoms with E-state index in [1.54, 1.807) is 0 Å². The third-order valence-electron chi connectivity index (χ3n) is 6.55. The van der Waals surface area contributed by atoms with Gasteiger partial charge in [-0.1, -0.05) is 38.0 Å². The van der Waals surface area contributed by atoms with Crippen LogP contribution in [0.5, 0.6) is 0 Å². The highest BCUT2D eigenvalue weighted by molar-refractivity contribution is 7.80. The molecule has 0 spiro atoms. The molecule has 1 saturated heterocycles. The predicted octanol–water partition coefficient (Wildman–Crippen LogP) is 5.74. The molecule has 3 aromatic rings. The summed E-state index contributed by atoms with van der Waals surface area (Å²) in [5.74, 6) is 0. The summed E-state index contributed by atoms with van der Waals surface area (Å²) in [6.07, 6.45) is 12.7. The number of rotatable bonds is 5. The zero-order valence-electron chi connectivity index (χ0n) is 17.4. The van der Waals surface area contributed by atoms with Gasteiger partial charge in [0.1, 0.15) is 0 Å². The molecule has 2 aliphatic rings. The first-order valence-corrected chi connectivity index (χ1v) is 11.4. The van der Waals surface area contributed by atoms with Gasteiger partial charge >= 0.3 is 0 Å². The number of aryl methyl sites for hydroxylation is 1. The second-order valence-electron chi connectivity index (χ2n) is 8.35. The van der Waals surface area contributed by atoms with Gasteiger partial charge in [-0.05, 0) is 72.9 Å². The van der Waals surface area contributed by atoms with Crippen molar-refractivity contribution in [2.24, 2.45) is 0 Å². The average Bonchev–Trinajstić information content (AvgIpc) is 3.54. The number of pyridine rings is 1. The van der Waals surface area contributed by atoms with Crippen molar-refractivity contribution in [1.82, 2.24) is 14.9 Å². The van der Waals surface area contributed by atoms with Gasteiger partial charge in [0.2, 0.25) is 0 Å². The Hall–Kier alpha value is -2.66. The topological polar surface area (TPSA) is 33.1 Å². The van der Waals surface area contributed by atoms with Crippen LogP contribution in [0.3, 0.4) is 0 Å². The van der Waals surface area contributed by atoms with Gasteiger partial charge in [0.15, 0.2) is 5.11 Å². The molecule has 1 aromatic carbocycles. The van der Waals surface area contributed by atoms with Crippen LogP contribution in [-0.2, 0) is 6.42 Å². The Bertz CT molecular complexity index is 1010. The van der Waals surface area contributed by atoms with Crippen LogP contribution in [-0.4, -0.2) is 14.7 Å². The Kier molecular flexibility index (Phi) is 5.30. The van der Waals surface area contributed by atoms with E-state index in [0.717, 1.165) is 22.9 Å². The molecule has 2 atom stereocenters. The minimum Gasteiger partial charge on any atom is -0.351 e. The second-order valence-corrected chi connectivity index (χ2v) is 8.73. The fourth-order valence-electron chi connectivity index (χ4n) is 4.90. The molecule has 5 rings (SSSR count). The summed E-state index contributed by atoms with van der Waals surface area (Å²) in [6, 6.07) is 17.9. The van der Waals surface area contributed by atoms with Crippen molar-refractivity contribution in [3.8, 4) is 0 Å². The predicted molar refractivity (Wildman–Crippen MR) is 126 cm³/mol. The number of anilines is 1. The third kappa shape index (κ3) is 3.52. The number of benzene rings is 1. The van der Waals surface area contributed by atoms with Gasteiger partial charge < -0.3 is 14.8 Å². The van der Waals surface area contributed by atoms with Gasteiger partial charge in [0, 0.05) is 30.3 Å². The quantitative estimate of drug-likeness (QED) is 0.538. The van der Waals surface area contributed by atoms with E-state index in [4.69, 9.17) is 12.2 Å². The van der Waals surface area contributed by atoms with E-state index in [2.05, 4.69) is 75.5 Å². The fourth-order valence-corrected chi connectivity index (χ4v) is 5.24. The molecular formula is C25H28N4S. The molecule has 4 nitrogen and oxygen atoms in total. The van der Waals surface area contributed by atoms with E-state index in [0.29, 0.717) is 6.04 Å². The van der Waals surface area contributed by atoms with Gasteiger partial charge in [-0.3, -0.25) is 4.98 Å². The van der Waals surface area contributed by atoms with Gasteiger partial charge in [0.25, 0.3) is 0 Å². The normalized spacial score (nSPS) is 21.9. The molecule has 1 saturated carbocycles. The number of thiocarbonyl (C=S) groups is 1. The summed E-state index contributed by atoms with van der Waals surface area (Å²) in [5, 5.41) is 4.32. The smallest absolute Gasteiger partial charge is 0.174 e. The molecule has 1 N–H and O–H groups in total. The van der Waals surface area contributed by atoms with E-state index in [-0.39, 0.29) is 12.1 Å². The summed E-state index contributed by atoms with van der Waals surface area (Å²) >= 11 is 5.83. The molecule has 5 heteroatoms. The Morgan fingerprint density at radius 2 is 1.87 bits per heavy atom. The lowest BCUT2D eigenvalue weighted by molar-refractivity contribution is 0.515. The molecule has 3 heterocycles. The Labute approximate surface area is 183 Å². The van der Waals surface area contributed by atoms with Crippen molar-refractivity contribution < 1.29 is 0 Å². The Balaban J connectivity index is 1.55. The summed E-state index contributed by atoms with van der Waals surface area (Å²) < 4.78 is 2.41. The molecule has 0 bridgehead atoms. The van der Waals surface area contributed by atoms with Gasteiger partial charge in [-0.25, -0.2) is 0 Å². The number of aromatic nitrogens is 2. The van der Waals surface area contributed by atoms with Crippen LogP contribution in [0.1, 0.15) is 67.6 Å². The van der Waals surface area contributed by atoms with Crippen molar-refractivity contribution in [3.05, 3.63) is 83.9 Å². The van der Waals surface area contributed by atoms with Crippen molar-refractivity contribution >= 4 is 23.0 Å². The summed E-state index contributed by atoms with van der Waals surface area (Å²) in [4.78, 5) is 6.92. The van der Waals surface area contributed by atoms with Crippen molar-refractivity contribution in [2.45, 2.75) is 57.2 Å². The van der Waals surface area contributed by atoms with Crippen LogP contribution in [0, 0.1) is 0 Å². The third-order valence-corrected chi connectivity index (χ3v) is 6.86. The number of hydrogen-bond acceptors (Lipinski definition) is 2. The molecule has 0 amide bonds. The maximum Gasteiger partial charge on any atom is 0.174 e. The first-order valence-electron chi connectivity index (χ1n) is 11.0. The Morgan fingerprint density at radius 3 is 2.57 bits per heavy atom. The largest absolute Gasteiger partial charge is 0.351 e. The SMILES string of the molecule is CCc1ccc(N2C(=S)N[C@@H](c3ccccn3)[C@@H]2c2ccn(C3CCCC3)c2)cc1. The molecule has 2 aromatic heterocycles. The molecule has 154 valence electrons. The van der Waals surface area contributed by atoms with Crippen LogP contribution in [0.2, 0.25) is 0 Å². The summed E-state index contributed by atoms with van der Waals surface area (Å²) in [7, 11) is 0. The molecule has 2 fully saturated rings. The van der Waals surface area contributed by atoms with E-state index in [9.17, 15) is 0 Å². The standard InChI is InChI=1S/C25H28N4S/c1-2-18-10-12-21(13-11-18)29-24(19-14-16-28(17-19)20-7-3-4-8-20)23(27-25(29)30)22-9-5-6-15-26-22/h5-6,9-17,20,23-24H,2-4,7-8H2,1H3,(H,27,30)/t23-,24-/m0/s1. The lowest BCUT2D eigenvalue weighted by atomic mass is 9.98. The fraction of sp³-hybridized carbons (Fsp3) is 0.360. The van der Waals surface area contributed by atoms with Gasteiger partial charge in [0.05, 0.1) is 17.8 Å². The van der Waals surface area contributed by atoms with Crippen LogP contribution in [0.25, 0.3) is 0 Å². The van der Waals surface area contributed by atoms with E-state index < -0.39 is 0 Å². The molecule has 0 radical (unpaired) electrons. The second kappa shape index (κ2) is 8.23. The molecule has 1 aliphatic heterocycles. The average molecular weight is 417 g/mol. The minimum atomic E-state index is 0.0176.